The zero-order valence-corrected chi connectivity index (χ0v) is 15.9. The van der Waals surface area contributed by atoms with Gasteiger partial charge in [-0.05, 0) is 36.6 Å². The highest BCUT2D eigenvalue weighted by Crippen LogP contribution is 2.31. The minimum Gasteiger partial charge on any atom is -0.506 e. The van der Waals surface area contributed by atoms with Gasteiger partial charge < -0.3 is 19.7 Å². The maximum atomic E-state index is 13.2. The second-order valence-electron chi connectivity index (χ2n) is 5.99. The lowest BCUT2D eigenvalue weighted by molar-refractivity contribution is 0.0976. The molecule has 0 atom stereocenters. The molecule has 3 aromatic rings. The predicted octanol–water partition coefficient (Wildman–Crippen LogP) is 2.61. The van der Waals surface area contributed by atoms with E-state index in [1.165, 1.54) is 21.2 Å². The van der Waals surface area contributed by atoms with Gasteiger partial charge in [0, 0.05) is 29.6 Å². The third-order valence-corrected chi connectivity index (χ3v) is 5.15. The summed E-state index contributed by atoms with van der Waals surface area (Å²) >= 11 is 1.50. The van der Waals surface area contributed by atoms with Gasteiger partial charge in [-0.25, -0.2) is 0 Å². The molecule has 1 heterocycles. The molecule has 0 saturated carbocycles. The normalized spacial score (nSPS) is 10.9. The Labute approximate surface area is 160 Å². The van der Waals surface area contributed by atoms with Crippen molar-refractivity contribution >= 4 is 34.3 Å². The molecule has 7 heteroatoms. The minimum absolute atomic E-state index is 0.00826. The monoisotopic (exact) mass is 384 g/mol. The molecular weight excluding hydrogens is 364 g/mol. The van der Waals surface area contributed by atoms with Crippen LogP contribution in [0.4, 0.5) is 5.69 Å². The first kappa shape index (κ1) is 19.0. The number of aromatic nitrogens is 1. The van der Waals surface area contributed by atoms with E-state index in [0.29, 0.717) is 16.6 Å². The van der Waals surface area contributed by atoms with Gasteiger partial charge in [0.1, 0.15) is 11.3 Å². The highest BCUT2D eigenvalue weighted by Gasteiger charge is 2.26. The van der Waals surface area contributed by atoms with Gasteiger partial charge in [-0.15, -0.1) is 11.8 Å². The van der Waals surface area contributed by atoms with Gasteiger partial charge >= 0.3 is 0 Å². The van der Waals surface area contributed by atoms with Crippen LogP contribution in [0.1, 0.15) is 10.4 Å². The average Bonchev–Trinajstić information content (AvgIpc) is 2.70. The fraction of sp³-hybridized carbons (Fsp3) is 0.200. The Morgan fingerprint density at radius 3 is 2.52 bits per heavy atom. The van der Waals surface area contributed by atoms with Crippen molar-refractivity contribution in [2.75, 3.05) is 24.3 Å². The van der Waals surface area contributed by atoms with Gasteiger partial charge in [-0.3, -0.25) is 9.59 Å². The molecule has 0 unspecified atom stereocenters. The van der Waals surface area contributed by atoms with Gasteiger partial charge in [-0.2, -0.15) is 0 Å². The number of rotatable bonds is 5. The van der Waals surface area contributed by atoms with Crippen LogP contribution in [-0.2, 0) is 7.05 Å². The molecule has 1 aromatic heterocycles. The van der Waals surface area contributed by atoms with Crippen LogP contribution in [0, 0.1) is 0 Å². The SMILES string of the molecule is CSc1ccc2c(c1)c(O)c(C(=O)N(CCO)c1ccccc1)c(=O)n2C. The van der Waals surface area contributed by atoms with Crippen molar-refractivity contribution in [3.63, 3.8) is 0 Å². The van der Waals surface area contributed by atoms with Crippen molar-refractivity contribution in [2.45, 2.75) is 4.90 Å². The Kier molecular flexibility index (Phi) is 5.53. The number of anilines is 1. The fourth-order valence-electron chi connectivity index (χ4n) is 3.02. The smallest absolute Gasteiger partial charge is 0.267 e. The Morgan fingerprint density at radius 2 is 1.89 bits per heavy atom. The van der Waals surface area contributed by atoms with E-state index >= 15 is 0 Å². The number of pyridine rings is 1. The topological polar surface area (TPSA) is 82.8 Å². The van der Waals surface area contributed by atoms with Crippen LogP contribution in [-0.4, -0.2) is 40.1 Å². The standard InChI is InChI=1S/C20H20N2O4S/c1-21-16-9-8-14(27-2)12-15(16)18(24)17(19(21)25)20(26)22(10-11-23)13-6-4-3-5-7-13/h3-9,12,23-24H,10-11H2,1-2H3. The quantitative estimate of drug-likeness (QED) is 0.661. The van der Waals surface area contributed by atoms with E-state index < -0.39 is 11.5 Å². The summed E-state index contributed by atoms with van der Waals surface area (Å²) in [6.07, 6.45) is 1.91. The fourth-order valence-corrected chi connectivity index (χ4v) is 3.46. The first-order valence-electron chi connectivity index (χ1n) is 8.37. The van der Waals surface area contributed by atoms with E-state index in [2.05, 4.69) is 0 Å². The number of carbonyl (C=O) groups is 1. The molecule has 0 aliphatic heterocycles. The molecule has 0 aliphatic carbocycles. The van der Waals surface area contributed by atoms with Gasteiger partial charge in [0.05, 0.1) is 12.1 Å². The van der Waals surface area contributed by atoms with E-state index in [9.17, 15) is 19.8 Å². The molecule has 2 N–H and O–H groups in total. The molecule has 2 aromatic carbocycles. The van der Waals surface area contributed by atoms with Crippen LogP contribution in [0.15, 0.2) is 58.2 Å². The summed E-state index contributed by atoms with van der Waals surface area (Å²) in [7, 11) is 1.57. The second-order valence-corrected chi connectivity index (χ2v) is 6.87. The van der Waals surface area contributed by atoms with Gasteiger partial charge in [0.15, 0.2) is 0 Å². The molecule has 6 nitrogen and oxygen atoms in total. The van der Waals surface area contributed by atoms with Crippen molar-refractivity contribution in [2.24, 2.45) is 7.05 Å². The van der Waals surface area contributed by atoms with Crippen LogP contribution in [0.3, 0.4) is 0 Å². The van der Waals surface area contributed by atoms with Crippen LogP contribution in [0.5, 0.6) is 5.75 Å². The van der Waals surface area contributed by atoms with Gasteiger partial charge in [0.25, 0.3) is 11.5 Å². The lowest BCUT2D eigenvalue weighted by Crippen LogP contribution is -2.38. The van der Waals surface area contributed by atoms with Crippen molar-refractivity contribution < 1.29 is 15.0 Å². The lowest BCUT2D eigenvalue weighted by atomic mass is 10.1. The molecule has 0 saturated heterocycles. The van der Waals surface area contributed by atoms with Crippen LogP contribution in [0.2, 0.25) is 0 Å². The summed E-state index contributed by atoms with van der Waals surface area (Å²) in [6.45, 7) is -0.264. The molecule has 0 aliphatic rings. The number of thioether (sulfide) groups is 1. The Balaban J connectivity index is 2.23. The molecule has 1 amide bonds. The summed E-state index contributed by atoms with van der Waals surface area (Å²) < 4.78 is 1.36. The lowest BCUT2D eigenvalue weighted by Gasteiger charge is -2.23. The maximum Gasteiger partial charge on any atom is 0.267 e. The highest BCUT2D eigenvalue weighted by atomic mass is 32.2. The number of aromatic hydroxyl groups is 1. The van der Waals surface area contributed by atoms with Crippen molar-refractivity contribution in [3.8, 4) is 5.75 Å². The number of amides is 1. The van der Waals surface area contributed by atoms with Crippen LogP contribution >= 0.6 is 11.8 Å². The first-order valence-corrected chi connectivity index (χ1v) is 9.59. The average molecular weight is 384 g/mol. The second kappa shape index (κ2) is 7.85. The number of hydrogen-bond donors (Lipinski definition) is 2. The van der Waals surface area contributed by atoms with Crippen molar-refractivity contribution in [1.82, 2.24) is 4.57 Å². The largest absolute Gasteiger partial charge is 0.506 e. The zero-order chi connectivity index (χ0) is 19.6. The van der Waals surface area contributed by atoms with E-state index in [4.69, 9.17) is 0 Å². The number of carbonyl (C=O) groups excluding carboxylic acids is 1. The van der Waals surface area contributed by atoms with Crippen LogP contribution < -0.4 is 10.5 Å². The van der Waals surface area contributed by atoms with Gasteiger partial charge in [-0.1, -0.05) is 18.2 Å². The third-order valence-electron chi connectivity index (χ3n) is 4.43. The Hall–Kier alpha value is -2.77. The molecule has 0 spiro atoms. The predicted molar refractivity (Wildman–Crippen MR) is 108 cm³/mol. The van der Waals surface area contributed by atoms with E-state index in [1.807, 2.05) is 18.4 Å². The number of aryl methyl sites for hydroxylation is 1. The number of para-hydroxylation sites is 1. The maximum absolute atomic E-state index is 13.2. The molecule has 27 heavy (non-hydrogen) atoms. The zero-order valence-electron chi connectivity index (χ0n) is 15.0. The minimum atomic E-state index is -0.648. The molecule has 140 valence electrons. The molecule has 0 bridgehead atoms. The molecule has 0 radical (unpaired) electrons. The Morgan fingerprint density at radius 1 is 1.19 bits per heavy atom. The van der Waals surface area contributed by atoms with Crippen molar-refractivity contribution in [1.29, 1.82) is 0 Å². The van der Waals surface area contributed by atoms with Gasteiger partial charge in [0.2, 0.25) is 0 Å². The van der Waals surface area contributed by atoms with Crippen LogP contribution in [0.25, 0.3) is 10.9 Å². The number of fused-ring (bicyclic) bond motifs is 1. The third kappa shape index (κ3) is 3.43. The number of aliphatic hydroxyl groups is 1. The van der Waals surface area contributed by atoms with E-state index in [0.717, 1.165) is 4.90 Å². The van der Waals surface area contributed by atoms with Crippen molar-refractivity contribution in [3.05, 3.63) is 64.4 Å². The molecule has 3 rings (SSSR count). The summed E-state index contributed by atoms with van der Waals surface area (Å²) in [5, 5.41) is 20.6. The van der Waals surface area contributed by atoms with E-state index in [1.54, 1.807) is 43.4 Å². The molecule has 0 fully saturated rings. The highest BCUT2D eigenvalue weighted by molar-refractivity contribution is 7.98. The van der Waals surface area contributed by atoms with E-state index in [-0.39, 0.29) is 24.5 Å². The Bertz CT molecular complexity index is 1050. The number of hydrogen-bond acceptors (Lipinski definition) is 5. The number of benzene rings is 2. The number of aliphatic hydroxyl groups excluding tert-OH is 1. The number of nitrogens with zero attached hydrogens (tertiary/aromatic N) is 2. The first-order chi connectivity index (χ1) is 13.0. The summed E-state index contributed by atoms with van der Waals surface area (Å²) in [5.74, 6) is -0.988. The summed E-state index contributed by atoms with van der Waals surface area (Å²) in [5.41, 5.74) is 0.192. The summed E-state index contributed by atoms with van der Waals surface area (Å²) in [4.78, 5) is 28.2. The molecular formula is C20H20N2O4S. The summed E-state index contributed by atoms with van der Waals surface area (Å²) in [6, 6.07) is 14.1.